The number of ether oxygens (including phenoxy) is 1. The zero-order chi connectivity index (χ0) is 12.0. The number of likely N-dealkylation sites (N-methyl/N-ethyl adjacent to an activating group) is 1. The van der Waals surface area contributed by atoms with Gasteiger partial charge in [0, 0.05) is 18.3 Å². The molecule has 1 rings (SSSR count). The monoisotopic (exact) mass is 222 g/mol. The Morgan fingerprint density at radius 3 is 2.44 bits per heavy atom. The van der Waals surface area contributed by atoms with Crippen LogP contribution in [0.3, 0.4) is 0 Å². The molecule has 0 unspecified atom stereocenters. The lowest BCUT2D eigenvalue weighted by Crippen LogP contribution is -2.28. The third kappa shape index (κ3) is 4.19. The van der Waals surface area contributed by atoms with Crippen molar-refractivity contribution in [2.45, 2.75) is 27.7 Å². The Hall–Kier alpha value is -1.09. The number of aryl methyl sites for hydroxylation is 2. The van der Waals surface area contributed by atoms with Crippen molar-refractivity contribution >= 4 is 0 Å². The molecule has 1 heterocycles. The Kier molecular flexibility index (Phi) is 5.26. The summed E-state index contributed by atoms with van der Waals surface area (Å²) in [6.45, 7) is 12.2. The predicted octanol–water partition coefficient (Wildman–Crippen LogP) is 2.42. The van der Waals surface area contributed by atoms with Crippen molar-refractivity contribution in [3.63, 3.8) is 0 Å². The van der Waals surface area contributed by atoms with Gasteiger partial charge in [-0.2, -0.15) is 0 Å². The van der Waals surface area contributed by atoms with E-state index >= 15 is 0 Å². The van der Waals surface area contributed by atoms with Gasteiger partial charge < -0.3 is 9.64 Å². The van der Waals surface area contributed by atoms with Crippen molar-refractivity contribution in [2.24, 2.45) is 0 Å². The summed E-state index contributed by atoms with van der Waals surface area (Å²) in [6.07, 6.45) is 0. The SMILES string of the molecule is CCN(CC)CCOc1cc(C)cc(C)n1. The number of hydrogen-bond acceptors (Lipinski definition) is 3. The summed E-state index contributed by atoms with van der Waals surface area (Å²) in [5, 5.41) is 0. The van der Waals surface area contributed by atoms with Crippen LogP contribution < -0.4 is 4.74 Å². The summed E-state index contributed by atoms with van der Waals surface area (Å²) >= 11 is 0. The van der Waals surface area contributed by atoms with E-state index in [-0.39, 0.29) is 0 Å². The van der Waals surface area contributed by atoms with Gasteiger partial charge in [-0.3, -0.25) is 0 Å². The zero-order valence-corrected chi connectivity index (χ0v) is 10.8. The van der Waals surface area contributed by atoms with Crippen molar-refractivity contribution < 1.29 is 4.74 Å². The van der Waals surface area contributed by atoms with Gasteiger partial charge in [0.1, 0.15) is 6.61 Å². The van der Waals surface area contributed by atoms with E-state index in [2.05, 4.69) is 36.7 Å². The second kappa shape index (κ2) is 6.48. The second-order valence-electron chi connectivity index (χ2n) is 4.00. The molecule has 1 aromatic rings. The van der Waals surface area contributed by atoms with Crippen LogP contribution in [-0.2, 0) is 0 Å². The maximum atomic E-state index is 5.65. The fourth-order valence-electron chi connectivity index (χ4n) is 1.70. The van der Waals surface area contributed by atoms with Crippen molar-refractivity contribution in [1.29, 1.82) is 0 Å². The average Bonchev–Trinajstić information content (AvgIpc) is 2.23. The minimum atomic E-state index is 0.706. The van der Waals surface area contributed by atoms with Gasteiger partial charge >= 0.3 is 0 Å². The van der Waals surface area contributed by atoms with E-state index in [9.17, 15) is 0 Å². The largest absolute Gasteiger partial charge is 0.476 e. The zero-order valence-electron chi connectivity index (χ0n) is 10.8. The normalized spacial score (nSPS) is 10.8. The van der Waals surface area contributed by atoms with Crippen LogP contribution >= 0.6 is 0 Å². The summed E-state index contributed by atoms with van der Waals surface area (Å²) in [7, 11) is 0. The molecular weight excluding hydrogens is 200 g/mol. The molecule has 0 bridgehead atoms. The van der Waals surface area contributed by atoms with Gasteiger partial charge in [0.2, 0.25) is 5.88 Å². The first-order chi connectivity index (χ1) is 7.65. The molecule has 0 aliphatic rings. The lowest BCUT2D eigenvalue weighted by Gasteiger charge is -2.17. The van der Waals surface area contributed by atoms with Gasteiger partial charge in [-0.25, -0.2) is 4.98 Å². The highest BCUT2D eigenvalue weighted by Crippen LogP contribution is 2.11. The van der Waals surface area contributed by atoms with E-state index < -0.39 is 0 Å². The molecule has 3 heteroatoms. The van der Waals surface area contributed by atoms with E-state index in [0.29, 0.717) is 6.61 Å². The molecule has 0 fully saturated rings. The molecule has 1 aromatic heterocycles. The van der Waals surface area contributed by atoms with Crippen LogP contribution in [0.25, 0.3) is 0 Å². The van der Waals surface area contributed by atoms with Crippen molar-refractivity contribution in [3.8, 4) is 5.88 Å². The summed E-state index contributed by atoms with van der Waals surface area (Å²) in [6, 6.07) is 4.03. The van der Waals surface area contributed by atoms with E-state index in [1.165, 1.54) is 5.56 Å². The minimum absolute atomic E-state index is 0.706. The van der Waals surface area contributed by atoms with Crippen molar-refractivity contribution in [2.75, 3.05) is 26.2 Å². The Bertz CT molecular complexity index is 301. The highest BCUT2D eigenvalue weighted by Gasteiger charge is 2.01. The number of aromatic nitrogens is 1. The third-order valence-electron chi connectivity index (χ3n) is 2.63. The topological polar surface area (TPSA) is 25.4 Å². The van der Waals surface area contributed by atoms with Gasteiger partial charge in [-0.15, -0.1) is 0 Å². The molecule has 0 amide bonds. The van der Waals surface area contributed by atoms with Gasteiger partial charge in [0.15, 0.2) is 0 Å². The van der Waals surface area contributed by atoms with Crippen LogP contribution in [0.2, 0.25) is 0 Å². The molecule has 0 aromatic carbocycles. The molecule has 0 aliphatic carbocycles. The molecule has 0 aliphatic heterocycles. The highest BCUT2D eigenvalue weighted by molar-refractivity contribution is 5.23. The molecular formula is C13H22N2O. The fourth-order valence-corrected chi connectivity index (χ4v) is 1.70. The van der Waals surface area contributed by atoms with Crippen LogP contribution in [0.5, 0.6) is 5.88 Å². The molecule has 0 saturated carbocycles. The summed E-state index contributed by atoms with van der Waals surface area (Å²) in [5.74, 6) is 0.740. The standard InChI is InChI=1S/C13H22N2O/c1-5-15(6-2)7-8-16-13-10-11(3)9-12(4)14-13/h9-10H,5-8H2,1-4H3. The molecule has 3 nitrogen and oxygen atoms in total. The van der Waals surface area contributed by atoms with Crippen LogP contribution in [0.4, 0.5) is 0 Å². The van der Waals surface area contributed by atoms with Gasteiger partial charge in [-0.1, -0.05) is 13.8 Å². The van der Waals surface area contributed by atoms with E-state index in [1.807, 2.05) is 13.0 Å². The Balaban J connectivity index is 2.42. The molecule has 0 atom stereocenters. The third-order valence-corrected chi connectivity index (χ3v) is 2.63. The molecule has 0 radical (unpaired) electrons. The van der Waals surface area contributed by atoms with E-state index in [4.69, 9.17) is 4.74 Å². The highest BCUT2D eigenvalue weighted by atomic mass is 16.5. The van der Waals surface area contributed by atoms with Gasteiger partial charge in [0.05, 0.1) is 0 Å². The smallest absolute Gasteiger partial charge is 0.213 e. The fraction of sp³-hybridized carbons (Fsp3) is 0.615. The van der Waals surface area contributed by atoms with E-state index in [0.717, 1.165) is 31.2 Å². The van der Waals surface area contributed by atoms with Crippen molar-refractivity contribution in [1.82, 2.24) is 9.88 Å². The molecule has 90 valence electrons. The van der Waals surface area contributed by atoms with E-state index in [1.54, 1.807) is 0 Å². The summed E-state index contributed by atoms with van der Waals surface area (Å²) in [5.41, 5.74) is 2.21. The number of hydrogen-bond donors (Lipinski definition) is 0. The second-order valence-corrected chi connectivity index (χ2v) is 4.00. The van der Waals surface area contributed by atoms with Crippen LogP contribution in [0.15, 0.2) is 12.1 Å². The predicted molar refractivity (Wildman–Crippen MR) is 67.0 cm³/mol. The van der Waals surface area contributed by atoms with Gasteiger partial charge in [0.25, 0.3) is 0 Å². The number of nitrogens with zero attached hydrogens (tertiary/aromatic N) is 2. The molecule has 0 N–H and O–H groups in total. The number of rotatable bonds is 6. The first kappa shape index (κ1) is 13.0. The summed E-state index contributed by atoms with van der Waals surface area (Å²) < 4.78 is 5.65. The maximum Gasteiger partial charge on any atom is 0.213 e. The van der Waals surface area contributed by atoms with Crippen LogP contribution in [0, 0.1) is 13.8 Å². The molecule has 0 spiro atoms. The lowest BCUT2D eigenvalue weighted by molar-refractivity contribution is 0.217. The minimum Gasteiger partial charge on any atom is -0.476 e. The first-order valence-electron chi connectivity index (χ1n) is 5.96. The maximum absolute atomic E-state index is 5.65. The van der Waals surface area contributed by atoms with Gasteiger partial charge in [-0.05, 0) is 38.6 Å². The van der Waals surface area contributed by atoms with Crippen molar-refractivity contribution in [3.05, 3.63) is 23.4 Å². The summed E-state index contributed by atoms with van der Waals surface area (Å²) in [4.78, 5) is 6.68. The quantitative estimate of drug-likeness (QED) is 0.739. The van der Waals surface area contributed by atoms with Crippen LogP contribution in [0.1, 0.15) is 25.1 Å². The van der Waals surface area contributed by atoms with Crippen LogP contribution in [-0.4, -0.2) is 36.1 Å². The Labute approximate surface area is 98.4 Å². The molecule has 0 saturated heterocycles. The lowest BCUT2D eigenvalue weighted by atomic mass is 10.2. The Morgan fingerprint density at radius 1 is 1.19 bits per heavy atom. The number of pyridine rings is 1. The molecule has 16 heavy (non-hydrogen) atoms. The average molecular weight is 222 g/mol. The Morgan fingerprint density at radius 2 is 1.88 bits per heavy atom. The first-order valence-corrected chi connectivity index (χ1v) is 5.96.